The second-order valence-corrected chi connectivity index (χ2v) is 8.59. The zero-order valence-corrected chi connectivity index (χ0v) is 19.3. The van der Waals surface area contributed by atoms with Crippen molar-refractivity contribution in [3.8, 4) is 0 Å². The lowest BCUT2D eigenvalue weighted by atomic mass is 10.1. The summed E-state index contributed by atoms with van der Waals surface area (Å²) >= 11 is 24.2. The van der Waals surface area contributed by atoms with Gasteiger partial charge in [0.15, 0.2) is 0 Å². The number of anilines is 2. The van der Waals surface area contributed by atoms with Gasteiger partial charge in [-0.25, -0.2) is 0 Å². The van der Waals surface area contributed by atoms with Crippen LogP contribution in [0.3, 0.4) is 0 Å². The van der Waals surface area contributed by atoms with E-state index in [1.807, 2.05) is 24.3 Å². The summed E-state index contributed by atoms with van der Waals surface area (Å²) in [5, 5.41) is 8.69. The first kappa shape index (κ1) is 22.4. The molecule has 2 N–H and O–H groups in total. The van der Waals surface area contributed by atoms with Crippen molar-refractivity contribution in [2.24, 2.45) is 0 Å². The molecule has 0 aromatic heterocycles. The predicted molar refractivity (Wildman–Crippen MR) is 133 cm³/mol. The Morgan fingerprint density at radius 3 is 1.34 bits per heavy atom. The van der Waals surface area contributed by atoms with Gasteiger partial charge < -0.3 is 10.6 Å². The first-order valence-corrected chi connectivity index (χ1v) is 10.9. The molecule has 0 spiro atoms. The Morgan fingerprint density at radius 1 is 0.562 bits per heavy atom. The van der Waals surface area contributed by atoms with Gasteiger partial charge in [0.2, 0.25) is 0 Å². The second kappa shape index (κ2) is 9.39. The molecule has 0 aliphatic rings. The Balaban J connectivity index is 1.71. The van der Waals surface area contributed by atoms with Crippen molar-refractivity contribution in [2.75, 3.05) is 10.6 Å². The number of fused-ring (bicyclic) bond motifs is 1. The average Bonchev–Trinajstić information content (AvgIpc) is 2.73. The third-order valence-electron chi connectivity index (χ3n) is 4.73. The highest BCUT2D eigenvalue weighted by atomic mass is 35.5. The van der Waals surface area contributed by atoms with Crippen LogP contribution in [-0.2, 0) is 0 Å². The number of nitrogens with one attached hydrogen (secondary N) is 2. The predicted octanol–water partition coefficient (Wildman–Crippen LogP) is 7.96. The minimum atomic E-state index is -0.443. The minimum Gasteiger partial charge on any atom is -0.320 e. The van der Waals surface area contributed by atoms with Crippen molar-refractivity contribution >= 4 is 80.4 Å². The minimum absolute atomic E-state index is 0.217. The van der Waals surface area contributed by atoms with E-state index in [0.29, 0.717) is 21.4 Å². The Bertz CT molecular complexity index is 1270. The number of amides is 2. The average molecular weight is 504 g/mol. The van der Waals surface area contributed by atoms with Gasteiger partial charge in [-0.2, -0.15) is 0 Å². The molecule has 0 radical (unpaired) electrons. The van der Waals surface area contributed by atoms with Gasteiger partial charge in [-0.05, 0) is 59.3 Å². The molecule has 4 aromatic rings. The Morgan fingerprint density at radius 2 is 0.969 bits per heavy atom. The fourth-order valence-electron chi connectivity index (χ4n) is 3.17. The van der Waals surface area contributed by atoms with Gasteiger partial charge in [-0.1, -0.05) is 70.7 Å². The van der Waals surface area contributed by atoms with Gasteiger partial charge in [-0.3, -0.25) is 9.59 Å². The summed E-state index contributed by atoms with van der Waals surface area (Å²) in [4.78, 5) is 25.8. The molecule has 0 unspecified atom stereocenters. The van der Waals surface area contributed by atoms with Crippen LogP contribution in [-0.4, -0.2) is 11.8 Å². The number of hydrogen-bond acceptors (Lipinski definition) is 2. The highest BCUT2D eigenvalue weighted by Gasteiger charge is 2.17. The SMILES string of the molecule is O=C(Nc1cc2ccccc2cc1NC(=O)c1ccc(Cl)cc1Cl)c1ccc(Cl)cc1Cl. The van der Waals surface area contributed by atoms with E-state index in [-0.39, 0.29) is 21.2 Å². The summed E-state index contributed by atoms with van der Waals surface area (Å²) in [7, 11) is 0. The number of rotatable bonds is 4. The molecule has 32 heavy (non-hydrogen) atoms. The van der Waals surface area contributed by atoms with Gasteiger partial charge in [0.1, 0.15) is 0 Å². The molecule has 0 atom stereocenters. The molecule has 0 saturated heterocycles. The summed E-state index contributed by atoms with van der Waals surface area (Å²) in [6.45, 7) is 0. The maximum atomic E-state index is 12.9. The van der Waals surface area contributed by atoms with E-state index in [4.69, 9.17) is 46.4 Å². The molecule has 0 fully saturated rings. The normalized spacial score (nSPS) is 10.8. The van der Waals surface area contributed by atoms with Crippen LogP contribution in [0.4, 0.5) is 11.4 Å². The van der Waals surface area contributed by atoms with E-state index in [1.165, 1.54) is 24.3 Å². The number of halogens is 4. The summed E-state index contributed by atoms with van der Waals surface area (Å²) in [5.41, 5.74) is 1.31. The molecule has 0 heterocycles. The molecule has 0 bridgehead atoms. The van der Waals surface area contributed by atoms with Crippen molar-refractivity contribution < 1.29 is 9.59 Å². The number of carbonyl (C=O) groups excluding carboxylic acids is 2. The van der Waals surface area contributed by atoms with Crippen LogP contribution in [0.2, 0.25) is 20.1 Å². The Hall–Kier alpha value is -2.76. The lowest BCUT2D eigenvalue weighted by Gasteiger charge is -2.15. The van der Waals surface area contributed by atoms with Crippen molar-refractivity contribution in [2.45, 2.75) is 0 Å². The van der Waals surface area contributed by atoms with E-state index in [9.17, 15) is 9.59 Å². The van der Waals surface area contributed by atoms with Crippen molar-refractivity contribution in [3.05, 3.63) is 104 Å². The molecular formula is C24H14Cl4N2O2. The van der Waals surface area contributed by atoms with Gasteiger partial charge >= 0.3 is 0 Å². The van der Waals surface area contributed by atoms with Crippen LogP contribution >= 0.6 is 46.4 Å². The lowest BCUT2D eigenvalue weighted by Crippen LogP contribution is -2.17. The number of benzene rings is 4. The standard InChI is InChI=1S/C24H14Cl4N2O2/c25-15-5-7-17(19(27)11-15)23(31)29-21-9-13-3-1-2-4-14(13)10-22(21)30-24(32)18-8-6-16(26)12-20(18)28/h1-12H,(H,29,31)(H,30,32). The quantitative estimate of drug-likeness (QED) is 0.296. The topological polar surface area (TPSA) is 58.2 Å². The first-order valence-electron chi connectivity index (χ1n) is 9.37. The summed E-state index contributed by atoms with van der Waals surface area (Å²) in [6, 6.07) is 20.3. The highest BCUT2D eigenvalue weighted by Crippen LogP contribution is 2.31. The van der Waals surface area contributed by atoms with Crippen molar-refractivity contribution in [3.63, 3.8) is 0 Å². The molecular weight excluding hydrogens is 490 g/mol. The van der Waals surface area contributed by atoms with Gasteiger partial charge in [0.05, 0.1) is 32.5 Å². The third kappa shape index (κ3) is 4.84. The van der Waals surface area contributed by atoms with Crippen molar-refractivity contribution in [1.29, 1.82) is 0 Å². The van der Waals surface area contributed by atoms with Crippen LogP contribution in [0.15, 0.2) is 72.8 Å². The molecule has 2 amide bonds. The van der Waals surface area contributed by atoms with E-state index >= 15 is 0 Å². The smallest absolute Gasteiger partial charge is 0.257 e. The molecule has 0 saturated carbocycles. The largest absolute Gasteiger partial charge is 0.320 e. The maximum absolute atomic E-state index is 12.9. The number of hydrogen-bond donors (Lipinski definition) is 2. The zero-order chi connectivity index (χ0) is 22.8. The van der Waals surface area contributed by atoms with Gasteiger partial charge in [0, 0.05) is 10.0 Å². The molecule has 4 nitrogen and oxygen atoms in total. The fourth-order valence-corrected chi connectivity index (χ4v) is 4.16. The summed E-state index contributed by atoms with van der Waals surface area (Å²) in [5.74, 6) is -0.885. The Labute approximate surface area is 204 Å². The highest BCUT2D eigenvalue weighted by molar-refractivity contribution is 6.38. The molecule has 0 aliphatic heterocycles. The maximum Gasteiger partial charge on any atom is 0.257 e. The third-order valence-corrected chi connectivity index (χ3v) is 5.83. The Kier molecular flexibility index (Phi) is 6.58. The summed E-state index contributed by atoms with van der Waals surface area (Å²) in [6.07, 6.45) is 0. The number of carbonyl (C=O) groups is 2. The van der Waals surface area contributed by atoms with E-state index < -0.39 is 11.8 Å². The van der Waals surface area contributed by atoms with E-state index in [1.54, 1.807) is 24.3 Å². The van der Waals surface area contributed by atoms with Crippen LogP contribution in [0.25, 0.3) is 10.8 Å². The molecule has 4 aromatic carbocycles. The zero-order valence-electron chi connectivity index (χ0n) is 16.3. The van der Waals surface area contributed by atoms with Crippen LogP contribution in [0.5, 0.6) is 0 Å². The van der Waals surface area contributed by atoms with Crippen LogP contribution in [0.1, 0.15) is 20.7 Å². The lowest BCUT2D eigenvalue weighted by molar-refractivity contribution is 0.101. The monoisotopic (exact) mass is 502 g/mol. The molecule has 0 aliphatic carbocycles. The second-order valence-electron chi connectivity index (χ2n) is 6.90. The van der Waals surface area contributed by atoms with Crippen molar-refractivity contribution in [1.82, 2.24) is 0 Å². The summed E-state index contributed by atoms with van der Waals surface area (Å²) < 4.78 is 0. The fraction of sp³-hybridized carbons (Fsp3) is 0. The molecule has 8 heteroatoms. The first-order chi connectivity index (χ1) is 15.3. The molecule has 160 valence electrons. The van der Waals surface area contributed by atoms with E-state index in [0.717, 1.165) is 10.8 Å². The van der Waals surface area contributed by atoms with Gasteiger partial charge in [0.25, 0.3) is 11.8 Å². The van der Waals surface area contributed by atoms with E-state index in [2.05, 4.69) is 10.6 Å². The molecule has 4 rings (SSSR count). The van der Waals surface area contributed by atoms with Crippen LogP contribution < -0.4 is 10.6 Å². The van der Waals surface area contributed by atoms with Gasteiger partial charge in [-0.15, -0.1) is 0 Å². The van der Waals surface area contributed by atoms with Crippen LogP contribution in [0, 0.1) is 0 Å².